The van der Waals surface area contributed by atoms with Crippen LogP contribution in [0.1, 0.15) is 37.8 Å². The van der Waals surface area contributed by atoms with E-state index >= 15 is 0 Å². The molecule has 4 heteroatoms. The Kier molecular flexibility index (Phi) is 6.13. The van der Waals surface area contributed by atoms with Crippen LogP contribution in [0.25, 0.3) is 0 Å². The van der Waals surface area contributed by atoms with E-state index in [1.807, 2.05) is 74.5 Å². The van der Waals surface area contributed by atoms with Gasteiger partial charge in [-0.3, -0.25) is 10.1 Å². The van der Waals surface area contributed by atoms with Crippen molar-refractivity contribution in [2.24, 2.45) is 0 Å². The molecule has 4 nitrogen and oxygen atoms in total. The van der Waals surface area contributed by atoms with E-state index in [-0.39, 0.29) is 0 Å². The van der Waals surface area contributed by atoms with Crippen LogP contribution in [0.4, 0.5) is 4.79 Å². The standard InChI is InChI=1S/C20H23NO3/c1-3-4-15-24-19(23)21-18(22)20(2,16-11-7-5-8-12-16)17-13-9-6-10-14-17/h5-14H,3-4,15H2,1-2H3,(H,21,22,23). The molecule has 0 atom stereocenters. The Morgan fingerprint density at radius 1 is 0.958 bits per heavy atom. The normalized spacial score (nSPS) is 10.9. The van der Waals surface area contributed by atoms with Gasteiger partial charge in [-0.05, 0) is 24.5 Å². The van der Waals surface area contributed by atoms with Gasteiger partial charge < -0.3 is 4.74 Å². The summed E-state index contributed by atoms with van der Waals surface area (Å²) in [5.41, 5.74) is 0.650. The Labute approximate surface area is 142 Å². The fourth-order valence-corrected chi connectivity index (χ4v) is 2.53. The molecule has 0 aliphatic rings. The van der Waals surface area contributed by atoms with E-state index < -0.39 is 17.4 Å². The van der Waals surface area contributed by atoms with E-state index in [0.717, 1.165) is 24.0 Å². The molecule has 0 saturated carbocycles. The maximum absolute atomic E-state index is 12.9. The molecule has 0 spiro atoms. The first-order chi connectivity index (χ1) is 11.6. The molecule has 24 heavy (non-hydrogen) atoms. The van der Waals surface area contributed by atoms with Crippen molar-refractivity contribution in [3.05, 3.63) is 71.8 Å². The van der Waals surface area contributed by atoms with Gasteiger partial charge in [-0.2, -0.15) is 0 Å². The Balaban J connectivity index is 2.27. The van der Waals surface area contributed by atoms with Crippen molar-refractivity contribution in [3.63, 3.8) is 0 Å². The molecule has 0 aliphatic carbocycles. The summed E-state index contributed by atoms with van der Waals surface area (Å²) in [4.78, 5) is 24.8. The highest BCUT2D eigenvalue weighted by atomic mass is 16.5. The number of alkyl carbamates (subject to hydrolysis) is 1. The third-order valence-electron chi connectivity index (χ3n) is 4.10. The molecule has 0 radical (unpaired) electrons. The molecular weight excluding hydrogens is 302 g/mol. The Morgan fingerprint density at radius 3 is 1.92 bits per heavy atom. The summed E-state index contributed by atoms with van der Waals surface area (Å²) >= 11 is 0. The van der Waals surface area contributed by atoms with E-state index in [2.05, 4.69) is 5.32 Å². The van der Waals surface area contributed by atoms with Gasteiger partial charge in [-0.25, -0.2) is 4.79 Å². The first-order valence-corrected chi connectivity index (χ1v) is 8.18. The number of amides is 2. The van der Waals surface area contributed by atoms with Gasteiger partial charge in [-0.15, -0.1) is 0 Å². The summed E-state index contributed by atoms with van der Waals surface area (Å²) in [5, 5.41) is 2.38. The van der Waals surface area contributed by atoms with Crippen LogP contribution in [0.2, 0.25) is 0 Å². The molecule has 0 aliphatic heterocycles. The number of hydrogen-bond donors (Lipinski definition) is 1. The monoisotopic (exact) mass is 325 g/mol. The van der Waals surface area contributed by atoms with Crippen LogP contribution in [0, 0.1) is 0 Å². The number of imide groups is 1. The minimum absolute atomic E-state index is 0.309. The van der Waals surface area contributed by atoms with Crippen LogP contribution < -0.4 is 5.32 Å². The second kappa shape index (κ2) is 8.29. The fourth-order valence-electron chi connectivity index (χ4n) is 2.53. The molecule has 126 valence electrons. The Morgan fingerprint density at radius 2 is 1.46 bits per heavy atom. The summed E-state index contributed by atoms with van der Waals surface area (Å²) in [6, 6.07) is 18.8. The van der Waals surface area contributed by atoms with Crippen molar-refractivity contribution in [2.45, 2.75) is 32.1 Å². The number of rotatable bonds is 6. The van der Waals surface area contributed by atoms with Crippen molar-refractivity contribution >= 4 is 12.0 Å². The molecule has 0 unspecified atom stereocenters. The maximum Gasteiger partial charge on any atom is 0.413 e. The van der Waals surface area contributed by atoms with Crippen molar-refractivity contribution in [2.75, 3.05) is 6.61 Å². The molecule has 1 N–H and O–H groups in total. The molecule has 0 fully saturated rings. The van der Waals surface area contributed by atoms with Gasteiger partial charge in [0.15, 0.2) is 0 Å². The molecule has 0 bridgehead atoms. The molecule has 2 aromatic carbocycles. The average Bonchev–Trinajstić information content (AvgIpc) is 2.62. The molecular formula is C20H23NO3. The highest BCUT2D eigenvalue weighted by Crippen LogP contribution is 2.32. The first-order valence-electron chi connectivity index (χ1n) is 8.18. The Bertz CT molecular complexity index is 628. The van der Waals surface area contributed by atoms with Gasteiger partial charge in [0.25, 0.3) is 0 Å². The summed E-state index contributed by atoms with van der Waals surface area (Å²) < 4.78 is 5.05. The van der Waals surface area contributed by atoms with E-state index in [0.29, 0.717) is 6.61 Å². The smallest absolute Gasteiger partial charge is 0.413 e. The predicted molar refractivity (Wildman–Crippen MR) is 93.7 cm³/mol. The highest BCUT2D eigenvalue weighted by Gasteiger charge is 2.38. The molecule has 0 saturated heterocycles. The number of carbonyl (C=O) groups is 2. The molecule has 0 aromatic heterocycles. The molecule has 2 aromatic rings. The number of ether oxygens (including phenoxy) is 1. The summed E-state index contributed by atoms with van der Waals surface area (Å²) in [7, 11) is 0. The van der Waals surface area contributed by atoms with Gasteiger partial charge in [0.05, 0.1) is 12.0 Å². The fraction of sp³-hybridized carbons (Fsp3) is 0.300. The summed E-state index contributed by atoms with van der Waals surface area (Å²) in [6.45, 7) is 4.13. The quantitative estimate of drug-likeness (QED) is 0.815. The molecule has 2 rings (SSSR count). The van der Waals surface area contributed by atoms with E-state index in [9.17, 15) is 9.59 Å². The van der Waals surface area contributed by atoms with E-state index in [4.69, 9.17) is 4.74 Å². The zero-order valence-corrected chi connectivity index (χ0v) is 14.1. The van der Waals surface area contributed by atoms with Crippen LogP contribution in [0.15, 0.2) is 60.7 Å². The maximum atomic E-state index is 12.9. The van der Waals surface area contributed by atoms with Gasteiger partial charge >= 0.3 is 6.09 Å². The van der Waals surface area contributed by atoms with Gasteiger partial charge in [0.1, 0.15) is 0 Å². The van der Waals surface area contributed by atoms with Crippen LogP contribution >= 0.6 is 0 Å². The van der Waals surface area contributed by atoms with Gasteiger partial charge in [0, 0.05) is 0 Å². The number of carbonyl (C=O) groups excluding carboxylic acids is 2. The minimum Gasteiger partial charge on any atom is -0.449 e. The summed E-state index contributed by atoms with van der Waals surface area (Å²) in [6.07, 6.45) is 0.995. The third kappa shape index (κ3) is 4.02. The van der Waals surface area contributed by atoms with Crippen molar-refractivity contribution in [1.29, 1.82) is 0 Å². The second-order valence-corrected chi connectivity index (χ2v) is 5.80. The zero-order valence-electron chi connectivity index (χ0n) is 14.1. The van der Waals surface area contributed by atoms with E-state index in [1.54, 1.807) is 0 Å². The van der Waals surface area contributed by atoms with Gasteiger partial charge in [0.2, 0.25) is 5.91 Å². The first kappa shape index (κ1) is 17.7. The highest BCUT2D eigenvalue weighted by molar-refractivity contribution is 6.00. The summed E-state index contributed by atoms with van der Waals surface area (Å²) in [5.74, 6) is -0.401. The predicted octanol–water partition coefficient (Wildman–Crippen LogP) is 4.05. The lowest BCUT2D eigenvalue weighted by molar-refractivity contribution is -0.124. The number of unbranched alkanes of at least 4 members (excludes halogenated alkanes) is 1. The second-order valence-electron chi connectivity index (χ2n) is 5.80. The van der Waals surface area contributed by atoms with Crippen molar-refractivity contribution in [1.82, 2.24) is 5.32 Å². The van der Waals surface area contributed by atoms with E-state index in [1.165, 1.54) is 0 Å². The van der Waals surface area contributed by atoms with Crippen LogP contribution in [0.3, 0.4) is 0 Å². The number of hydrogen-bond acceptors (Lipinski definition) is 3. The molecule has 0 heterocycles. The lowest BCUT2D eigenvalue weighted by Gasteiger charge is -2.29. The van der Waals surface area contributed by atoms with Crippen molar-refractivity contribution in [3.8, 4) is 0 Å². The lowest BCUT2D eigenvalue weighted by Crippen LogP contribution is -2.45. The average molecular weight is 325 g/mol. The minimum atomic E-state index is -0.980. The largest absolute Gasteiger partial charge is 0.449 e. The molecule has 2 amide bonds. The van der Waals surface area contributed by atoms with Gasteiger partial charge in [-0.1, -0.05) is 74.0 Å². The Hall–Kier alpha value is -2.62. The zero-order chi connectivity index (χ0) is 17.4. The van der Waals surface area contributed by atoms with Crippen LogP contribution in [0.5, 0.6) is 0 Å². The SMILES string of the molecule is CCCCOC(=O)NC(=O)C(C)(c1ccccc1)c1ccccc1. The van der Waals surface area contributed by atoms with Crippen LogP contribution in [-0.4, -0.2) is 18.6 Å². The van der Waals surface area contributed by atoms with Crippen molar-refractivity contribution < 1.29 is 14.3 Å². The lowest BCUT2D eigenvalue weighted by atomic mass is 9.75. The third-order valence-corrected chi connectivity index (χ3v) is 4.10. The topological polar surface area (TPSA) is 55.4 Å². The van der Waals surface area contributed by atoms with Crippen LogP contribution in [-0.2, 0) is 14.9 Å². The number of nitrogens with one attached hydrogen (secondary N) is 1. The number of benzene rings is 2.